The zero-order chi connectivity index (χ0) is 27.0. The molecule has 1 aromatic heterocycles. The molecule has 1 amide bonds. The van der Waals surface area contributed by atoms with E-state index in [1.165, 1.54) is 6.07 Å². The van der Waals surface area contributed by atoms with Crippen LogP contribution in [-0.2, 0) is 11.2 Å². The van der Waals surface area contributed by atoms with Gasteiger partial charge >= 0.3 is 12.1 Å². The summed E-state index contributed by atoms with van der Waals surface area (Å²) in [4.78, 5) is 22.3. The van der Waals surface area contributed by atoms with Crippen molar-refractivity contribution < 1.29 is 27.7 Å². The number of fused-ring (bicyclic) bond motifs is 3. The van der Waals surface area contributed by atoms with Crippen molar-refractivity contribution in [1.82, 2.24) is 10.00 Å². The van der Waals surface area contributed by atoms with Gasteiger partial charge in [0.1, 0.15) is 17.2 Å². The van der Waals surface area contributed by atoms with E-state index in [4.69, 9.17) is 15.2 Å². The van der Waals surface area contributed by atoms with E-state index in [1.807, 2.05) is 39.0 Å². The smallest absolute Gasteiger partial charge is 0.457 e. The van der Waals surface area contributed by atoms with Crippen LogP contribution in [0.15, 0.2) is 52.6 Å². The van der Waals surface area contributed by atoms with Crippen LogP contribution in [-0.4, -0.2) is 53.7 Å². The zero-order valence-electron chi connectivity index (χ0n) is 21.4. The SMILES string of the molecule is CC(C)(C)OC(=O)N1CC(c2ccc3c(c2)OCCc2c[n+](C(=Nc4ccc(F)cc4F)/N=C\N)[nH]c2-3)C1. The lowest BCUT2D eigenvalue weighted by Crippen LogP contribution is -2.50. The molecule has 3 N–H and O–H groups in total. The van der Waals surface area contributed by atoms with E-state index in [0.717, 1.165) is 46.6 Å². The lowest BCUT2D eigenvalue weighted by Gasteiger charge is -2.40. The lowest BCUT2D eigenvalue weighted by atomic mass is 9.90. The van der Waals surface area contributed by atoms with Crippen LogP contribution in [0, 0.1) is 11.6 Å². The molecule has 0 aliphatic carbocycles. The number of nitrogens with zero attached hydrogens (tertiary/aromatic N) is 4. The summed E-state index contributed by atoms with van der Waals surface area (Å²) >= 11 is 0. The van der Waals surface area contributed by atoms with Crippen LogP contribution >= 0.6 is 0 Å². The fourth-order valence-electron chi connectivity index (χ4n) is 4.42. The lowest BCUT2D eigenvalue weighted by molar-refractivity contribution is -0.618. The minimum Gasteiger partial charge on any atom is -0.493 e. The Hall–Kier alpha value is -4.28. The Balaban J connectivity index is 1.40. The van der Waals surface area contributed by atoms with Crippen LogP contribution in [0.4, 0.5) is 19.3 Å². The predicted octanol–water partition coefficient (Wildman–Crippen LogP) is 4.04. The molecular formula is C27H29F2N6O3+. The van der Waals surface area contributed by atoms with E-state index in [2.05, 4.69) is 15.1 Å². The maximum absolute atomic E-state index is 14.2. The Morgan fingerprint density at radius 1 is 1.24 bits per heavy atom. The standard InChI is InChI=1S/C27H28F2N6O3/c1-27(2,3)38-26(36)34-12-18(13-34)16-4-6-20-23(10-16)37-9-8-17-14-35(33-24(17)20)25(31-15-30)32-22-7-5-19(28)11-21(22)29/h4-7,10-11,14-15,18H,8-9,12-13H2,1-3H3,(H2,30,31,32)/p+1. The molecule has 2 aliphatic rings. The number of aromatic nitrogens is 2. The second-order valence-electron chi connectivity index (χ2n) is 10.2. The Kier molecular flexibility index (Phi) is 6.60. The van der Waals surface area contributed by atoms with Gasteiger partial charge in [0, 0.05) is 42.6 Å². The Bertz CT molecular complexity index is 1440. The molecule has 2 aromatic carbocycles. The first-order chi connectivity index (χ1) is 18.1. The number of aliphatic imine (C=N–C) groups is 2. The van der Waals surface area contributed by atoms with E-state index in [1.54, 1.807) is 15.8 Å². The number of carbonyl (C=O) groups excluding carboxylic acids is 1. The van der Waals surface area contributed by atoms with E-state index < -0.39 is 17.2 Å². The molecule has 0 spiro atoms. The average Bonchev–Trinajstić information content (AvgIpc) is 3.14. The highest BCUT2D eigenvalue weighted by Crippen LogP contribution is 2.38. The maximum atomic E-state index is 14.2. The van der Waals surface area contributed by atoms with Gasteiger partial charge in [-0.15, -0.1) is 4.68 Å². The minimum absolute atomic E-state index is 0.0707. The molecule has 0 bridgehead atoms. The maximum Gasteiger partial charge on any atom is 0.457 e. The van der Waals surface area contributed by atoms with E-state index >= 15 is 0 Å². The van der Waals surface area contributed by atoms with Crippen molar-refractivity contribution in [2.75, 3.05) is 19.7 Å². The zero-order valence-corrected chi connectivity index (χ0v) is 21.4. The monoisotopic (exact) mass is 523 g/mol. The second-order valence-corrected chi connectivity index (χ2v) is 10.2. The number of halogens is 2. The van der Waals surface area contributed by atoms with Crippen molar-refractivity contribution in [2.45, 2.75) is 38.7 Å². The molecule has 38 heavy (non-hydrogen) atoms. The molecule has 0 radical (unpaired) electrons. The first kappa shape index (κ1) is 25.4. The Morgan fingerprint density at radius 2 is 2.03 bits per heavy atom. The summed E-state index contributed by atoms with van der Waals surface area (Å²) in [5.41, 5.74) is 8.62. The van der Waals surface area contributed by atoms with Gasteiger partial charge < -0.3 is 20.1 Å². The Morgan fingerprint density at radius 3 is 2.74 bits per heavy atom. The summed E-state index contributed by atoms with van der Waals surface area (Å²) < 4.78 is 40.6. The largest absolute Gasteiger partial charge is 0.493 e. The first-order valence-electron chi connectivity index (χ1n) is 12.3. The van der Waals surface area contributed by atoms with Crippen molar-refractivity contribution in [2.24, 2.45) is 15.7 Å². The van der Waals surface area contributed by atoms with E-state index in [0.29, 0.717) is 26.1 Å². The summed E-state index contributed by atoms with van der Waals surface area (Å²) in [5, 5.41) is 3.26. The van der Waals surface area contributed by atoms with Crippen LogP contribution in [0.5, 0.6) is 5.75 Å². The van der Waals surface area contributed by atoms with Crippen molar-refractivity contribution in [3.8, 4) is 17.0 Å². The minimum atomic E-state index is -0.809. The first-order valence-corrected chi connectivity index (χ1v) is 12.3. The normalized spacial score (nSPS) is 15.9. The van der Waals surface area contributed by atoms with Crippen LogP contribution in [0.2, 0.25) is 0 Å². The summed E-state index contributed by atoms with van der Waals surface area (Å²) in [6.07, 6.45) is 3.17. The van der Waals surface area contributed by atoms with Crippen molar-refractivity contribution >= 4 is 24.1 Å². The van der Waals surface area contributed by atoms with Gasteiger partial charge in [-0.05, 0) is 50.6 Å². The van der Waals surface area contributed by atoms with Crippen LogP contribution in [0.1, 0.15) is 37.8 Å². The van der Waals surface area contributed by atoms with Gasteiger partial charge in [-0.2, -0.15) is 0 Å². The van der Waals surface area contributed by atoms with Gasteiger partial charge in [0.25, 0.3) is 0 Å². The molecule has 1 fully saturated rings. The van der Waals surface area contributed by atoms with Gasteiger partial charge in [-0.25, -0.2) is 18.7 Å². The summed E-state index contributed by atoms with van der Waals surface area (Å²) in [6, 6.07) is 9.14. The third-order valence-electron chi connectivity index (χ3n) is 6.28. The molecule has 198 valence electrons. The van der Waals surface area contributed by atoms with Gasteiger partial charge in [0.15, 0.2) is 17.8 Å². The summed E-state index contributed by atoms with van der Waals surface area (Å²) in [7, 11) is 0. The van der Waals surface area contributed by atoms with Crippen LogP contribution in [0.25, 0.3) is 11.3 Å². The predicted molar refractivity (Wildman–Crippen MR) is 138 cm³/mol. The van der Waals surface area contributed by atoms with Gasteiger partial charge in [-0.1, -0.05) is 16.1 Å². The van der Waals surface area contributed by atoms with Crippen molar-refractivity contribution in [1.29, 1.82) is 0 Å². The molecule has 11 heteroatoms. The molecule has 9 nitrogen and oxygen atoms in total. The number of benzene rings is 2. The van der Waals surface area contributed by atoms with E-state index in [9.17, 15) is 13.6 Å². The summed E-state index contributed by atoms with van der Waals surface area (Å²) in [6.45, 7) is 7.17. The number of rotatable bonds is 2. The number of amides is 1. The van der Waals surface area contributed by atoms with Gasteiger partial charge in [0.05, 0.1) is 18.5 Å². The second kappa shape index (κ2) is 9.88. The van der Waals surface area contributed by atoms with Crippen LogP contribution in [0.3, 0.4) is 0 Å². The third-order valence-corrected chi connectivity index (χ3v) is 6.28. The van der Waals surface area contributed by atoms with Gasteiger partial charge in [-0.3, -0.25) is 0 Å². The average molecular weight is 524 g/mol. The fraction of sp³-hybridized carbons (Fsp3) is 0.333. The number of nitrogens with two attached hydrogens (primary N) is 1. The van der Waals surface area contributed by atoms with Crippen molar-refractivity contribution in [3.63, 3.8) is 0 Å². The third kappa shape index (κ3) is 5.22. The number of ether oxygens (including phenoxy) is 2. The highest BCUT2D eigenvalue weighted by Gasteiger charge is 2.35. The molecule has 2 aliphatic heterocycles. The quantitative estimate of drug-likeness (QED) is 0.300. The molecular weight excluding hydrogens is 494 g/mol. The molecule has 1 saturated heterocycles. The number of hydrogen-bond acceptors (Lipinski definition) is 4. The molecule has 0 saturated carbocycles. The topological polar surface area (TPSA) is 109 Å². The number of hydrogen-bond donors (Lipinski definition) is 2. The van der Waals surface area contributed by atoms with Crippen molar-refractivity contribution in [3.05, 3.63) is 65.4 Å². The number of likely N-dealkylation sites (tertiary alicyclic amines) is 1. The molecule has 0 atom stereocenters. The number of carbonyl (C=O) groups is 1. The summed E-state index contributed by atoms with van der Waals surface area (Å²) in [5.74, 6) is -0.509. The molecule has 0 unspecified atom stereocenters. The highest BCUT2D eigenvalue weighted by atomic mass is 19.1. The fourth-order valence-corrected chi connectivity index (χ4v) is 4.42. The number of aromatic amines is 1. The van der Waals surface area contributed by atoms with E-state index in [-0.39, 0.29) is 23.7 Å². The molecule has 3 aromatic rings. The number of nitrogens with one attached hydrogen (secondary N) is 1. The highest BCUT2D eigenvalue weighted by molar-refractivity contribution is 5.82. The number of H-pyrrole nitrogens is 1. The Labute approximate surface area is 218 Å². The van der Waals surface area contributed by atoms with Crippen LogP contribution < -0.4 is 15.2 Å². The molecule has 3 heterocycles. The van der Waals surface area contributed by atoms with Gasteiger partial charge in [0.2, 0.25) is 0 Å². The molecule has 5 rings (SSSR count).